The maximum atomic E-state index is 12.3. The van der Waals surface area contributed by atoms with Crippen LogP contribution < -0.4 is 38.6 Å². The van der Waals surface area contributed by atoms with Gasteiger partial charge in [-0.15, -0.1) is 0 Å². The van der Waals surface area contributed by atoms with Crippen molar-refractivity contribution in [1.82, 2.24) is 0 Å². The fourth-order valence-electron chi connectivity index (χ4n) is 1.92. The fraction of sp³-hybridized carbons (Fsp3) is 0.188. The van der Waals surface area contributed by atoms with Crippen molar-refractivity contribution in [2.45, 2.75) is 11.8 Å². The molecule has 0 aliphatic carbocycles. The van der Waals surface area contributed by atoms with E-state index < -0.39 is 10.1 Å². The highest BCUT2D eigenvalue weighted by molar-refractivity contribution is 8.13. The Kier molecular flexibility index (Phi) is 8.53. The van der Waals surface area contributed by atoms with E-state index in [4.69, 9.17) is 20.1 Å². The molecule has 0 heterocycles. The van der Waals surface area contributed by atoms with Gasteiger partial charge in [-0.25, -0.2) is 0 Å². The summed E-state index contributed by atoms with van der Waals surface area (Å²) in [6.07, 6.45) is 0. The Morgan fingerprint density at radius 1 is 1.16 bits per heavy atom. The highest BCUT2D eigenvalue weighted by atomic mass is 127. The second-order valence-corrected chi connectivity index (χ2v) is 7.58. The van der Waals surface area contributed by atoms with Crippen LogP contribution in [-0.4, -0.2) is 25.9 Å². The molecule has 0 saturated heterocycles. The van der Waals surface area contributed by atoms with Crippen molar-refractivity contribution in [1.29, 1.82) is 5.41 Å². The first kappa shape index (κ1) is 21.6. The molecule has 2 aromatic rings. The fourth-order valence-corrected chi connectivity index (χ4v) is 3.24. The quantitative estimate of drug-likeness (QED) is 0.182. The molecule has 2 rings (SSSR count). The van der Waals surface area contributed by atoms with Gasteiger partial charge in [0.05, 0.1) is 6.61 Å². The molecule has 2 aromatic carbocycles. The number of hydrogen-bond donors (Lipinski definition) is 2. The van der Waals surface area contributed by atoms with Gasteiger partial charge in [0.1, 0.15) is 16.4 Å². The average Bonchev–Trinajstić information content (AvgIpc) is 2.51. The number of rotatable bonds is 7. The SMILES string of the molecule is Cc1cc(OCCSC(=N)N)cc(OS(=O)(=O)c2ccccc2)c1.[I-]. The Bertz CT molecular complexity index is 814. The zero-order chi connectivity index (χ0) is 17.6. The maximum absolute atomic E-state index is 12.3. The molecular formula is C16H18IN2O4S2-. The zero-order valence-corrected chi connectivity index (χ0v) is 17.2. The third-order valence-corrected chi connectivity index (χ3v) is 4.81. The van der Waals surface area contributed by atoms with E-state index in [9.17, 15) is 8.42 Å². The standard InChI is InChI=1S/C16H18N2O4S2.HI/c1-12-9-13(21-7-8-23-16(17)18)11-14(10-12)22-24(19,20)15-5-3-2-4-6-15;/h2-6,9-11H,7-8H2,1H3,(H3,17,18);1H/p-1. The van der Waals surface area contributed by atoms with Crippen LogP contribution in [-0.2, 0) is 10.1 Å². The summed E-state index contributed by atoms with van der Waals surface area (Å²) in [6.45, 7) is 2.16. The summed E-state index contributed by atoms with van der Waals surface area (Å²) < 4.78 is 35.2. The van der Waals surface area contributed by atoms with Crippen molar-refractivity contribution in [2.75, 3.05) is 12.4 Å². The number of nitrogens with two attached hydrogens (primary N) is 1. The van der Waals surface area contributed by atoms with Crippen LogP contribution in [0.3, 0.4) is 0 Å². The molecule has 0 bridgehead atoms. The first-order chi connectivity index (χ1) is 11.4. The van der Waals surface area contributed by atoms with Crippen LogP contribution in [0.5, 0.6) is 11.5 Å². The van der Waals surface area contributed by atoms with Gasteiger partial charge < -0.3 is 38.6 Å². The van der Waals surface area contributed by atoms with Crippen molar-refractivity contribution in [3.05, 3.63) is 54.1 Å². The van der Waals surface area contributed by atoms with Crippen LogP contribution in [0.2, 0.25) is 0 Å². The lowest BCUT2D eigenvalue weighted by Gasteiger charge is -2.11. The summed E-state index contributed by atoms with van der Waals surface area (Å²) in [7, 11) is -3.89. The van der Waals surface area contributed by atoms with Gasteiger partial charge >= 0.3 is 10.1 Å². The van der Waals surface area contributed by atoms with Gasteiger partial charge in [-0.2, -0.15) is 8.42 Å². The molecular weight excluding hydrogens is 475 g/mol. The van der Waals surface area contributed by atoms with Crippen molar-refractivity contribution in [3.8, 4) is 11.5 Å². The summed E-state index contributed by atoms with van der Waals surface area (Å²) >= 11 is 1.18. The third kappa shape index (κ3) is 7.12. The molecule has 3 N–H and O–H groups in total. The van der Waals surface area contributed by atoms with Gasteiger partial charge in [0.25, 0.3) is 0 Å². The molecule has 0 aliphatic rings. The highest BCUT2D eigenvalue weighted by Gasteiger charge is 2.16. The Hall–Kier alpha value is -1.46. The second kappa shape index (κ2) is 9.88. The first-order valence-corrected chi connectivity index (χ1v) is 9.47. The van der Waals surface area contributed by atoms with Gasteiger partial charge in [-0.05, 0) is 36.8 Å². The number of nitrogens with one attached hydrogen (secondary N) is 1. The summed E-state index contributed by atoms with van der Waals surface area (Å²) in [6, 6.07) is 12.9. The van der Waals surface area contributed by atoms with Gasteiger partial charge in [-0.3, -0.25) is 5.41 Å². The van der Waals surface area contributed by atoms with Gasteiger partial charge in [0.2, 0.25) is 0 Å². The van der Waals surface area contributed by atoms with Crippen molar-refractivity contribution < 1.29 is 41.3 Å². The Morgan fingerprint density at radius 3 is 2.44 bits per heavy atom. The molecule has 0 aromatic heterocycles. The molecule has 25 heavy (non-hydrogen) atoms. The van der Waals surface area contributed by atoms with Crippen LogP contribution in [0.4, 0.5) is 0 Å². The van der Waals surface area contributed by atoms with Crippen molar-refractivity contribution in [2.24, 2.45) is 5.73 Å². The first-order valence-electron chi connectivity index (χ1n) is 7.08. The normalized spacial score (nSPS) is 10.6. The van der Waals surface area contributed by atoms with E-state index >= 15 is 0 Å². The summed E-state index contributed by atoms with van der Waals surface area (Å²) in [5.41, 5.74) is 6.06. The van der Waals surface area contributed by atoms with Crippen LogP contribution in [0.15, 0.2) is 53.4 Å². The maximum Gasteiger partial charge on any atom is 0.339 e. The number of thioether (sulfide) groups is 1. The molecule has 0 radical (unpaired) electrons. The molecule has 0 atom stereocenters. The number of amidine groups is 1. The molecule has 0 fully saturated rings. The Balaban J connectivity index is 0.00000312. The minimum atomic E-state index is -3.89. The topological polar surface area (TPSA) is 102 Å². The Labute approximate surface area is 168 Å². The van der Waals surface area contributed by atoms with E-state index in [1.54, 1.807) is 30.3 Å². The number of halogens is 1. The smallest absolute Gasteiger partial charge is 0.339 e. The zero-order valence-electron chi connectivity index (χ0n) is 13.4. The van der Waals surface area contributed by atoms with Gasteiger partial charge in [0.15, 0.2) is 5.17 Å². The summed E-state index contributed by atoms with van der Waals surface area (Å²) in [5, 5.41) is 7.15. The minimum Gasteiger partial charge on any atom is -1.00 e. The van der Waals surface area contributed by atoms with E-state index in [0.29, 0.717) is 18.1 Å². The van der Waals surface area contributed by atoms with Crippen LogP contribution >= 0.6 is 11.8 Å². The van der Waals surface area contributed by atoms with Crippen LogP contribution in [0.1, 0.15) is 5.56 Å². The number of ether oxygens (including phenoxy) is 1. The number of benzene rings is 2. The molecule has 0 saturated carbocycles. The van der Waals surface area contributed by atoms with Crippen LogP contribution in [0, 0.1) is 12.3 Å². The van der Waals surface area contributed by atoms with Crippen molar-refractivity contribution >= 4 is 27.0 Å². The van der Waals surface area contributed by atoms with E-state index in [2.05, 4.69) is 0 Å². The predicted octanol–water partition coefficient (Wildman–Crippen LogP) is -0.228. The largest absolute Gasteiger partial charge is 1.00 e. The third-order valence-electron chi connectivity index (χ3n) is 2.87. The minimum absolute atomic E-state index is 0. The van der Waals surface area contributed by atoms with Gasteiger partial charge in [-0.1, -0.05) is 30.0 Å². The molecule has 0 amide bonds. The monoisotopic (exact) mass is 493 g/mol. The summed E-state index contributed by atoms with van der Waals surface area (Å²) in [4.78, 5) is 0.0897. The lowest BCUT2D eigenvalue weighted by Crippen LogP contribution is -3.00. The molecule has 6 nitrogen and oxygen atoms in total. The Morgan fingerprint density at radius 2 is 1.80 bits per heavy atom. The lowest BCUT2D eigenvalue weighted by atomic mass is 10.2. The highest BCUT2D eigenvalue weighted by Crippen LogP contribution is 2.25. The number of aryl methyl sites for hydroxylation is 1. The van der Waals surface area contributed by atoms with E-state index in [1.165, 1.54) is 30.0 Å². The number of hydrogen-bond acceptors (Lipinski definition) is 6. The van der Waals surface area contributed by atoms with E-state index in [0.717, 1.165) is 5.56 Å². The van der Waals surface area contributed by atoms with Gasteiger partial charge in [0, 0.05) is 11.8 Å². The van der Waals surface area contributed by atoms with Crippen molar-refractivity contribution in [3.63, 3.8) is 0 Å². The molecule has 136 valence electrons. The lowest BCUT2D eigenvalue weighted by molar-refractivity contribution is -0.00000925. The average molecular weight is 493 g/mol. The molecule has 9 heteroatoms. The molecule has 0 spiro atoms. The second-order valence-electron chi connectivity index (χ2n) is 4.89. The van der Waals surface area contributed by atoms with Crippen LogP contribution in [0.25, 0.3) is 0 Å². The predicted molar refractivity (Wildman–Crippen MR) is 95.3 cm³/mol. The van der Waals surface area contributed by atoms with E-state index in [1.807, 2.05) is 6.92 Å². The summed E-state index contributed by atoms with van der Waals surface area (Å²) in [5.74, 6) is 1.22. The molecule has 0 aliphatic heterocycles. The van der Waals surface area contributed by atoms with E-state index in [-0.39, 0.29) is 39.8 Å². The molecule has 0 unspecified atom stereocenters.